The minimum Gasteiger partial charge on any atom is -0.378 e. The van der Waals surface area contributed by atoms with Crippen LogP contribution in [0.4, 0.5) is 5.69 Å². The molecule has 0 atom stereocenters. The molecule has 2 aromatic rings. The minimum absolute atomic E-state index is 0.204. The molecule has 112 valence electrons. The Morgan fingerprint density at radius 3 is 2.73 bits per heavy atom. The summed E-state index contributed by atoms with van der Waals surface area (Å²) in [6, 6.07) is 13.7. The molecule has 0 saturated heterocycles. The summed E-state index contributed by atoms with van der Waals surface area (Å²) < 4.78 is 1.96. The third kappa shape index (κ3) is 3.73. The van der Waals surface area contributed by atoms with Gasteiger partial charge in [-0.3, -0.25) is 4.79 Å². The topological polar surface area (TPSA) is 73.4 Å². The Morgan fingerprint density at radius 2 is 2.09 bits per heavy atom. The summed E-state index contributed by atoms with van der Waals surface area (Å²) in [5.41, 5.74) is 5.26. The first-order valence-electron chi connectivity index (χ1n) is 6.76. The molecule has 0 fully saturated rings. The smallest absolute Gasteiger partial charge is 0.254 e. The van der Waals surface area contributed by atoms with Crippen molar-refractivity contribution in [3.63, 3.8) is 0 Å². The Balaban J connectivity index is 2.14. The van der Waals surface area contributed by atoms with Gasteiger partial charge in [0.15, 0.2) is 0 Å². The molecule has 6 nitrogen and oxygen atoms in total. The fourth-order valence-electron chi connectivity index (χ4n) is 1.93. The third-order valence-corrected chi connectivity index (χ3v) is 3.05. The highest BCUT2D eigenvalue weighted by atomic mass is 16.2. The van der Waals surface area contributed by atoms with Crippen LogP contribution >= 0.6 is 0 Å². The second kappa shape index (κ2) is 7.09. The number of anilines is 1. The van der Waals surface area contributed by atoms with Gasteiger partial charge in [0.2, 0.25) is 0 Å². The number of rotatable bonds is 5. The van der Waals surface area contributed by atoms with Gasteiger partial charge < -0.3 is 9.47 Å². The van der Waals surface area contributed by atoms with Gasteiger partial charge in [0.05, 0.1) is 18.0 Å². The minimum atomic E-state index is -0.424. The van der Waals surface area contributed by atoms with Crippen LogP contribution in [0.1, 0.15) is 12.1 Å². The number of benzene rings is 1. The lowest BCUT2D eigenvalue weighted by Gasteiger charge is -2.13. The fraction of sp³-hybridized carbons (Fsp3) is 0.188. The predicted octanol–water partition coefficient (Wildman–Crippen LogP) is 1.91. The molecule has 0 aliphatic carbocycles. The van der Waals surface area contributed by atoms with E-state index in [4.69, 9.17) is 5.26 Å². The van der Waals surface area contributed by atoms with Gasteiger partial charge in [-0.2, -0.15) is 10.4 Å². The van der Waals surface area contributed by atoms with E-state index < -0.39 is 5.91 Å². The van der Waals surface area contributed by atoms with Crippen molar-refractivity contribution in [2.24, 2.45) is 5.10 Å². The molecule has 1 amide bonds. The Bertz CT molecular complexity index is 707. The molecule has 0 aliphatic rings. The predicted molar refractivity (Wildman–Crippen MR) is 86.1 cm³/mol. The summed E-state index contributed by atoms with van der Waals surface area (Å²) in [7, 11) is 3.99. The highest BCUT2D eigenvalue weighted by molar-refractivity contribution is 5.82. The van der Waals surface area contributed by atoms with Gasteiger partial charge >= 0.3 is 0 Å². The summed E-state index contributed by atoms with van der Waals surface area (Å²) in [4.78, 5) is 13.2. The van der Waals surface area contributed by atoms with E-state index in [1.807, 2.05) is 66.2 Å². The Kier molecular flexibility index (Phi) is 4.94. The molecular weight excluding hydrogens is 278 g/mol. The molecule has 0 spiro atoms. The number of nitrogens with one attached hydrogen (secondary N) is 1. The number of nitrogens with zero attached hydrogens (tertiary/aromatic N) is 4. The van der Waals surface area contributed by atoms with Crippen LogP contribution in [0, 0.1) is 11.3 Å². The van der Waals surface area contributed by atoms with Gasteiger partial charge in [0, 0.05) is 31.7 Å². The normalized spacial score (nSPS) is 10.4. The number of nitriles is 1. The second-order valence-electron chi connectivity index (χ2n) is 4.84. The molecule has 0 aliphatic heterocycles. The molecule has 0 radical (unpaired) electrons. The summed E-state index contributed by atoms with van der Waals surface area (Å²) >= 11 is 0. The fourth-order valence-corrected chi connectivity index (χ4v) is 1.93. The monoisotopic (exact) mass is 295 g/mol. The van der Waals surface area contributed by atoms with E-state index in [1.165, 1.54) is 0 Å². The van der Waals surface area contributed by atoms with Crippen LogP contribution in [0.15, 0.2) is 47.7 Å². The first kappa shape index (κ1) is 15.3. The van der Waals surface area contributed by atoms with Crippen molar-refractivity contribution in [3.05, 3.63) is 48.3 Å². The van der Waals surface area contributed by atoms with Crippen LogP contribution in [0.25, 0.3) is 5.69 Å². The van der Waals surface area contributed by atoms with E-state index in [-0.39, 0.29) is 6.42 Å². The number of hydrazone groups is 1. The standard InChI is InChI=1S/C16H17N5O/c1-20(2)13-5-7-14(8-6-13)21-11-3-4-15(21)12-18-19-16(22)9-10-17/h3-8,11-12H,9H2,1-2H3,(H,19,22)/b18-12-. The number of amides is 1. The van der Waals surface area contributed by atoms with Crippen molar-refractivity contribution >= 4 is 17.8 Å². The molecular formula is C16H17N5O. The molecule has 6 heteroatoms. The summed E-state index contributed by atoms with van der Waals surface area (Å²) in [6.07, 6.45) is 3.27. The molecule has 1 N–H and O–H groups in total. The highest BCUT2D eigenvalue weighted by Crippen LogP contribution is 2.17. The van der Waals surface area contributed by atoms with Crippen molar-refractivity contribution in [1.29, 1.82) is 5.26 Å². The SMILES string of the molecule is CN(C)c1ccc(-n2cccc2/C=N\NC(=O)CC#N)cc1. The van der Waals surface area contributed by atoms with Crippen LogP contribution in [-0.2, 0) is 4.79 Å². The van der Waals surface area contributed by atoms with Crippen LogP contribution in [0.3, 0.4) is 0 Å². The first-order chi connectivity index (χ1) is 10.6. The highest BCUT2D eigenvalue weighted by Gasteiger charge is 2.03. The van der Waals surface area contributed by atoms with Crippen molar-refractivity contribution in [3.8, 4) is 11.8 Å². The molecule has 1 aromatic carbocycles. The quantitative estimate of drug-likeness (QED) is 0.676. The summed E-state index contributed by atoms with van der Waals surface area (Å²) in [5.74, 6) is -0.424. The maximum atomic E-state index is 11.2. The number of carbonyl (C=O) groups excluding carboxylic acids is 1. The zero-order valence-corrected chi connectivity index (χ0v) is 12.5. The van der Waals surface area contributed by atoms with Gasteiger partial charge in [-0.25, -0.2) is 5.43 Å². The summed E-state index contributed by atoms with van der Waals surface area (Å²) in [5, 5.41) is 12.3. The average molecular weight is 295 g/mol. The Labute approximate surface area is 129 Å². The van der Waals surface area contributed by atoms with Crippen molar-refractivity contribution in [2.75, 3.05) is 19.0 Å². The number of hydrogen-bond donors (Lipinski definition) is 1. The summed E-state index contributed by atoms with van der Waals surface area (Å²) in [6.45, 7) is 0. The second-order valence-corrected chi connectivity index (χ2v) is 4.84. The van der Waals surface area contributed by atoms with E-state index in [0.29, 0.717) is 0 Å². The van der Waals surface area contributed by atoms with Crippen LogP contribution in [0.2, 0.25) is 0 Å². The van der Waals surface area contributed by atoms with Crippen LogP contribution in [0.5, 0.6) is 0 Å². The molecule has 2 rings (SSSR count). The van der Waals surface area contributed by atoms with Crippen molar-refractivity contribution < 1.29 is 4.79 Å². The third-order valence-electron chi connectivity index (χ3n) is 3.05. The molecule has 1 aromatic heterocycles. The Morgan fingerprint density at radius 1 is 1.36 bits per heavy atom. The van der Waals surface area contributed by atoms with E-state index >= 15 is 0 Å². The number of carbonyl (C=O) groups is 1. The van der Waals surface area contributed by atoms with Gasteiger partial charge in [-0.1, -0.05) is 0 Å². The van der Waals surface area contributed by atoms with Crippen LogP contribution < -0.4 is 10.3 Å². The number of aromatic nitrogens is 1. The number of hydrogen-bond acceptors (Lipinski definition) is 4. The molecule has 0 bridgehead atoms. The maximum Gasteiger partial charge on any atom is 0.254 e. The maximum absolute atomic E-state index is 11.2. The molecule has 1 heterocycles. The molecule has 0 unspecified atom stereocenters. The molecule has 0 saturated carbocycles. The lowest BCUT2D eigenvalue weighted by atomic mass is 10.2. The lowest BCUT2D eigenvalue weighted by molar-refractivity contribution is -0.120. The molecule has 22 heavy (non-hydrogen) atoms. The van der Waals surface area contributed by atoms with Gasteiger partial charge in [0.1, 0.15) is 6.42 Å². The van der Waals surface area contributed by atoms with E-state index in [1.54, 1.807) is 12.3 Å². The lowest BCUT2D eigenvalue weighted by Crippen LogP contribution is -2.16. The zero-order chi connectivity index (χ0) is 15.9. The van der Waals surface area contributed by atoms with E-state index in [0.717, 1.165) is 17.1 Å². The zero-order valence-electron chi connectivity index (χ0n) is 12.5. The van der Waals surface area contributed by atoms with Crippen molar-refractivity contribution in [1.82, 2.24) is 9.99 Å². The van der Waals surface area contributed by atoms with E-state index in [9.17, 15) is 4.79 Å². The largest absolute Gasteiger partial charge is 0.378 e. The van der Waals surface area contributed by atoms with Crippen LogP contribution in [-0.4, -0.2) is 30.8 Å². The van der Waals surface area contributed by atoms with Crippen molar-refractivity contribution in [2.45, 2.75) is 6.42 Å². The average Bonchev–Trinajstić information content (AvgIpc) is 2.96. The van der Waals surface area contributed by atoms with Gasteiger partial charge in [-0.15, -0.1) is 0 Å². The van der Waals surface area contributed by atoms with E-state index in [2.05, 4.69) is 10.5 Å². The van der Waals surface area contributed by atoms with Gasteiger partial charge in [-0.05, 0) is 36.4 Å². The Hall–Kier alpha value is -3.07. The van der Waals surface area contributed by atoms with Gasteiger partial charge in [0.25, 0.3) is 5.91 Å². The first-order valence-corrected chi connectivity index (χ1v) is 6.76.